The molecule has 1 aliphatic heterocycles. The molecule has 2 N–H and O–H groups in total. The first kappa shape index (κ1) is 19.5. The molecule has 3 rings (SSSR count). The van der Waals surface area contributed by atoms with Crippen LogP contribution in [0.4, 0.5) is 5.69 Å². The molecular formula is C21H24N2O5. The van der Waals surface area contributed by atoms with E-state index in [1.165, 1.54) is 0 Å². The third-order valence-corrected chi connectivity index (χ3v) is 4.51. The Kier molecular flexibility index (Phi) is 6.03. The Morgan fingerprint density at radius 1 is 1.14 bits per heavy atom. The smallest absolute Gasteiger partial charge is 0.266 e. The lowest BCUT2D eigenvalue weighted by atomic mass is 10.1. The molecule has 0 saturated heterocycles. The van der Waals surface area contributed by atoms with E-state index in [1.807, 2.05) is 37.3 Å². The molecule has 1 heterocycles. The average molecular weight is 384 g/mol. The summed E-state index contributed by atoms with van der Waals surface area (Å²) in [4.78, 5) is 24.4. The number of nitrogens with one attached hydrogen (secondary N) is 2. The normalized spacial score (nSPS) is 15.1. The summed E-state index contributed by atoms with van der Waals surface area (Å²) < 4.78 is 16.2. The largest absolute Gasteiger partial charge is 0.493 e. The van der Waals surface area contributed by atoms with Gasteiger partial charge in [-0.3, -0.25) is 9.59 Å². The number of amides is 2. The number of carbonyl (C=O) groups is 2. The van der Waals surface area contributed by atoms with Crippen LogP contribution in [0.1, 0.15) is 17.5 Å². The highest BCUT2D eigenvalue weighted by molar-refractivity contribution is 6.00. The van der Waals surface area contributed by atoms with Crippen molar-refractivity contribution in [3.8, 4) is 17.2 Å². The molecule has 148 valence electrons. The fourth-order valence-corrected chi connectivity index (χ4v) is 3.02. The lowest BCUT2D eigenvalue weighted by Crippen LogP contribution is -2.41. The molecule has 0 saturated carbocycles. The molecule has 1 unspecified atom stereocenters. The van der Waals surface area contributed by atoms with Gasteiger partial charge in [0.1, 0.15) is 5.75 Å². The molecule has 28 heavy (non-hydrogen) atoms. The maximum absolute atomic E-state index is 12.2. The number of hydrogen-bond acceptors (Lipinski definition) is 5. The summed E-state index contributed by atoms with van der Waals surface area (Å²) in [6, 6.07) is 11.2. The molecule has 7 heteroatoms. The zero-order valence-corrected chi connectivity index (χ0v) is 16.2. The van der Waals surface area contributed by atoms with Crippen molar-refractivity contribution < 1.29 is 23.8 Å². The van der Waals surface area contributed by atoms with Crippen molar-refractivity contribution in [2.45, 2.75) is 25.9 Å². The minimum absolute atomic E-state index is 0.0366. The quantitative estimate of drug-likeness (QED) is 0.766. The highest BCUT2D eigenvalue weighted by atomic mass is 16.5. The van der Waals surface area contributed by atoms with Crippen molar-refractivity contribution >= 4 is 17.5 Å². The van der Waals surface area contributed by atoms with Crippen molar-refractivity contribution in [1.82, 2.24) is 5.32 Å². The van der Waals surface area contributed by atoms with Gasteiger partial charge in [0.25, 0.3) is 5.91 Å². The summed E-state index contributed by atoms with van der Waals surface area (Å²) in [5.41, 5.74) is 2.66. The van der Waals surface area contributed by atoms with E-state index < -0.39 is 6.10 Å². The topological polar surface area (TPSA) is 85.9 Å². The Balaban J connectivity index is 1.51. The van der Waals surface area contributed by atoms with Crippen LogP contribution in [-0.4, -0.2) is 38.7 Å². The fraction of sp³-hybridized carbons (Fsp3) is 0.333. The van der Waals surface area contributed by atoms with E-state index in [0.717, 1.165) is 11.1 Å². The molecule has 0 radical (unpaired) electrons. The van der Waals surface area contributed by atoms with E-state index in [2.05, 4.69) is 10.6 Å². The minimum atomic E-state index is -0.837. The Morgan fingerprint density at radius 2 is 1.93 bits per heavy atom. The van der Waals surface area contributed by atoms with E-state index in [0.29, 0.717) is 35.9 Å². The molecule has 1 aliphatic rings. The standard InChI is InChI=1S/C21H24N2O5/c1-13-4-6-16-15(10-13)23-21(25)19(28-16)12-20(24)22-9-8-14-5-7-17(26-2)18(11-14)27-3/h4-7,10-11,19H,8-9,12H2,1-3H3,(H,22,24)(H,23,25). The number of anilines is 1. The molecule has 7 nitrogen and oxygen atoms in total. The zero-order valence-electron chi connectivity index (χ0n) is 16.2. The Labute approximate surface area is 164 Å². The summed E-state index contributed by atoms with van der Waals surface area (Å²) in [5.74, 6) is 1.33. The van der Waals surface area contributed by atoms with Crippen LogP contribution in [0.2, 0.25) is 0 Å². The van der Waals surface area contributed by atoms with Crippen LogP contribution in [0.15, 0.2) is 36.4 Å². The lowest BCUT2D eigenvalue weighted by molar-refractivity contribution is -0.130. The average Bonchev–Trinajstić information content (AvgIpc) is 2.68. The summed E-state index contributed by atoms with van der Waals surface area (Å²) in [6.07, 6.45) is -0.243. The van der Waals surface area contributed by atoms with Crippen molar-refractivity contribution in [3.63, 3.8) is 0 Å². The number of ether oxygens (including phenoxy) is 3. The van der Waals surface area contributed by atoms with Crippen LogP contribution < -0.4 is 24.8 Å². The highest BCUT2D eigenvalue weighted by Gasteiger charge is 2.29. The number of carbonyl (C=O) groups excluding carboxylic acids is 2. The summed E-state index contributed by atoms with van der Waals surface area (Å²) in [5, 5.41) is 5.62. The first-order valence-electron chi connectivity index (χ1n) is 9.06. The maximum atomic E-state index is 12.2. The third-order valence-electron chi connectivity index (χ3n) is 4.51. The molecule has 2 aromatic rings. The second-order valence-electron chi connectivity index (χ2n) is 6.59. The molecule has 0 aromatic heterocycles. The molecule has 1 atom stereocenters. The lowest BCUT2D eigenvalue weighted by Gasteiger charge is -2.25. The van der Waals surface area contributed by atoms with Crippen LogP contribution in [0.25, 0.3) is 0 Å². The second kappa shape index (κ2) is 8.65. The van der Waals surface area contributed by atoms with Gasteiger partial charge in [-0.2, -0.15) is 0 Å². The Morgan fingerprint density at radius 3 is 2.68 bits per heavy atom. The summed E-state index contributed by atoms with van der Waals surface area (Å²) in [7, 11) is 3.17. The van der Waals surface area contributed by atoms with E-state index >= 15 is 0 Å². The second-order valence-corrected chi connectivity index (χ2v) is 6.59. The molecule has 0 aliphatic carbocycles. The van der Waals surface area contributed by atoms with E-state index in [4.69, 9.17) is 14.2 Å². The van der Waals surface area contributed by atoms with Crippen LogP contribution in [0, 0.1) is 6.92 Å². The van der Waals surface area contributed by atoms with Gasteiger partial charge >= 0.3 is 0 Å². The number of rotatable bonds is 7. The van der Waals surface area contributed by atoms with Gasteiger partial charge in [-0.25, -0.2) is 0 Å². The predicted octanol–water partition coefficient (Wildman–Crippen LogP) is 2.46. The van der Waals surface area contributed by atoms with Crippen molar-refractivity contribution in [2.75, 3.05) is 26.1 Å². The van der Waals surface area contributed by atoms with Crippen LogP contribution in [0.5, 0.6) is 17.2 Å². The van der Waals surface area contributed by atoms with Gasteiger partial charge in [0.15, 0.2) is 17.6 Å². The first-order chi connectivity index (χ1) is 13.5. The van der Waals surface area contributed by atoms with Gasteiger partial charge in [0, 0.05) is 6.54 Å². The molecule has 0 spiro atoms. The van der Waals surface area contributed by atoms with Crippen molar-refractivity contribution in [3.05, 3.63) is 47.5 Å². The molecule has 0 fully saturated rings. The van der Waals surface area contributed by atoms with Gasteiger partial charge in [-0.05, 0) is 48.7 Å². The minimum Gasteiger partial charge on any atom is -0.493 e. The predicted molar refractivity (Wildman–Crippen MR) is 105 cm³/mol. The number of benzene rings is 2. The summed E-state index contributed by atoms with van der Waals surface area (Å²) in [6.45, 7) is 2.38. The molecule has 2 amide bonds. The zero-order chi connectivity index (χ0) is 20.1. The van der Waals surface area contributed by atoms with Gasteiger partial charge in [0.05, 0.1) is 26.3 Å². The Bertz CT molecular complexity index is 881. The number of fused-ring (bicyclic) bond motifs is 1. The van der Waals surface area contributed by atoms with Crippen LogP contribution >= 0.6 is 0 Å². The van der Waals surface area contributed by atoms with E-state index in [1.54, 1.807) is 20.3 Å². The fourth-order valence-electron chi connectivity index (χ4n) is 3.02. The van der Waals surface area contributed by atoms with Crippen molar-refractivity contribution in [2.24, 2.45) is 0 Å². The third kappa shape index (κ3) is 4.54. The first-order valence-corrected chi connectivity index (χ1v) is 9.06. The SMILES string of the molecule is COc1ccc(CCNC(=O)CC2Oc3ccc(C)cc3NC2=O)cc1OC. The highest BCUT2D eigenvalue weighted by Crippen LogP contribution is 2.31. The monoisotopic (exact) mass is 384 g/mol. The van der Waals surface area contributed by atoms with Crippen LogP contribution in [0.3, 0.4) is 0 Å². The maximum Gasteiger partial charge on any atom is 0.266 e. The molecular weight excluding hydrogens is 360 g/mol. The number of aryl methyl sites for hydroxylation is 1. The van der Waals surface area contributed by atoms with E-state index in [9.17, 15) is 9.59 Å². The van der Waals surface area contributed by atoms with Gasteiger partial charge in [0.2, 0.25) is 5.91 Å². The molecule has 0 bridgehead atoms. The van der Waals surface area contributed by atoms with Gasteiger partial charge in [-0.15, -0.1) is 0 Å². The number of methoxy groups -OCH3 is 2. The van der Waals surface area contributed by atoms with Crippen LogP contribution in [-0.2, 0) is 16.0 Å². The van der Waals surface area contributed by atoms with Gasteiger partial charge in [-0.1, -0.05) is 12.1 Å². The summed E-state index contributed by atoms with van der Waals surface area (Å²) >= 11 is 0. The van der Waals surface area contributed by atoms with Gasteiger partial charge < -0.3 is 24.8 Å². The Hall–Kier alpha value is -3.22. The number of hydrogen-bond donors (Lipinski definition) is 2. The molecule has 2 aromatic carbocycles. The van der Waals surface area contributed by atoms with E-state index in [-0.39, 0.29) is 18.2 Å². The van der Waals surface area contributed by atoms with Crippen molar-refractivity contribution in [1.29, 1.82) is 0 Å².